The van der Waals surface area contributed by atoms with Crippen LogP contribution in [-0.2, 0) is 12.1 Å². The van der Waals surface area contributed by atoms with Crippen molar-refractivity contribution in [1.29, 1.82) is 0 Å². The van der Waals surface area contributed by atoms with Crippen molar-refractivity contribution in [1.82, 2.24) is 25.0 Å². The van der Waals surface area contributed by atoms with E-state index in [0.29, 0.717) is 30.0 Å². The lowest BCUT2D eigenvalue weighted by molar-refractivity contribution is 0.0720. The maximum Gasteiger partial charge on any atom is 0.319 e. The second kappa shape index (κ2) is 7.88. The summed E-state index contributed by atoms with van der Waals surface area (Å²) in [5.74, 6) is 0.199. The number of urea groups is 1. The molecule has 168 valence electrons. The topological polar surface area (TPSA) is 92.2 Å². The predicted octanol–water partition coefficient (Wildman–Crippen LogP) is 4.03. The standard InChI is InChI=1S/C25H26N6O2/c1-4-30-21-13-16(2)7-10-25(21,3)31-22(23(30)32)19-6-5-18(14-20(19)29-31)28-24(33)27-15-17-8-11-26-12-9-17/h5-14,16H,4,15H2,1-3H3,(H2,27,28,33). The lowest BCUT2D eigenvalue weighted by atomic mass is 9.85. The number of nitrogens with one attached hydrogen (secondary N) is 2. The Bertz CT molecular complexity index is 1310. The van der Waals surface area contributed by atoms with Crippen LogP contribution in [0.15, 0.2) is 66.7 Å². The summed E-state index contributed by atoms with van der Waals surface area (Å²) in [6.07, 6.45) is 9.78. The van der Waals surface area contributed by atoms with Gasteiger partial charge >= 0.3 is 6.03 Å². The number of anilines is 1. The Hall–Kier alpha value is -3.94. The van der Waals surface area contributed by atoms with E-state index in [9.17, 15) is 9.59 Å². The summed E-state index contributed by atoms with van der Waals surface area (Å²) in [6.45, 7) is 7.16. The molecular formula is C25H26N6O2. The van der Waals surface area contributed by atoms with E-state index >= 15 is 0 Å². The molecule has 0 saturated heterocycles. The number of fused-ring (bicyclic) bond motifs is 5. The number of amides is 3. The van der Waals surface area contributed by atoms with Gasteiger partial charge in [-0.2, -0.15) is 5.10 Å². The van der Waals surface area contributed by atoms with Gasteiger partial charge in [-0.25, -0.2) is 9.48 Å². The van der Waals surface area contributed by atoms with Crippen LogP contribution < -0.4 is 10.6 Å². The molecule has 8 nitrogen and oxygen atoms in total. The van der Waals surface area contributed by atoms with E-state index < -0.39 is 5.54 Å². The zero-order valence-electron chi connectivity index (χ0n) is 18.9. The van der Waals surface area contributed by atoms with Gasteiger partial charge in [0.25, 0.3) is 5.91 Å². The zero-order valence-corrected chi connectivity index (χ0v) is 18.9. The van der Waals surface area contributed by atoms with Gasteiger partial charge in [0.05, 0.1) is 5.52 Å². The zero-order chi connectivity index (χ0) is 23.2. The summed E-state index contributed by atoms with van der Waals surface area (Å²) in [5, 5.41) is 11.3. The van der Waals surface area contributed by atoms with Crippen LogP contribution in [0.25, 0.3) is 10.9 Å². The summed E-state index contributed by atoms with van der Waals surface area (Å²) in [5.41, 5.74) is 3.22. The second-order valence-electron chi connectivity index (χ2n) is 8.62. The third kappa shape index (κ3) is 3.47. The molecule has 1 aliphatic carbocycles. The van der Waals surface area contributed by atoms with E-state index in [1.165, 1.54) is 0 Å². The van der Waals surface area contributed by atoms with Gasteiger partial charge in [-0.05, 0) is 55.7 Å². The molecule has 3 amide bonds. The molecule has 0 fully saturated rings. The average molecular weight is 443 g/mol. The summed E-state index contributed by atoms with van der Waals surface area (Å²) in [6, 6.07) is 8.84. The van der Waals surface area contributed by atoms with E-state index in [1.807, 2.05) is 34.7 Å². The number of benzene rings is 1. The number of aromatic nitrogens is 3. The van der Waals surface area contributed by atoms with Gasteiger partial charge in [-0.1, -0.05) is 25.2 Å². The molecular weight excluding hydrogens is 416 g/mol. The van der Waals surface area contributed by atoms with Crippen molar-refractivity contribution in [2.45, 2.75) is 32.9 Å². The highest BCUT2D eigenvalue weighted by molar-refractivity contribution is 6.07. The van der Waals surface area contributed by atoms with Crippen LogP contribution in [0.4, 0.5) is 10.5 Å². The first-order valence-electron chi connectivity index (χ1n) is 11.1. The lowest BCUT2D eigenvalue weighted by Crippen LogP contribution is -2.50. The van der Waals surface area contributed by atoms with Crippen LogP contribution in [0.1, 0.15) is 36.8 Å². The number of pyridine rings is 1. The highest BCUT2D eigenvalue weighted by Gasteiger charge is 2.45. The van der Waals surface area contributed by atoms with Crippen molar-refractivity contribution in [2.75, 3.05) is 11.9 Å². The summed E-state index contributed by atoms with van der Waals surface area (Å²) < 4.78 is 1.83. The van der Waals surface area contributed by atoms with Crippen molar-refractivity contribution < 1.29 is 9.59 Å². The van der Waals surface area contributed by atoms with E-state index in [1.54, 1.807) is 24.5 Å². The van der Waals surface area contributed by atoms with Crippen molar-refractivity contribution >= 4 is 28.5 Å². The Balaban J connectivity index is 1.46. The Kier molecular flexibility index (Phi) is 5.00. The summed E-state index contributed by atoms with van der Waals surface area (Å²) in [4.78, 5) is 31.6. The number of hydrogen-bond donors (Lipinski definition) is 2. The SMILES string of the molecule is CCN1C(=O)c2c3ccc(NC(=O)NCc4ccncc4)cc3nn2C2(C)C=CC(C)C=C12. The van der Waals surface area contributed by atoms with Crippen molar-refractivity contribution in [2.24, 2.45) is 5.92 Å². The van der Waals surface area contributed by atoms with E-state index in [0.717, 1.165) is 16.6 Å². The Morgan fingerprint density at radius 2 is 2.00 bits per heavy atom. The largest absolute Gasteiger partial charge is 0.334 e. The first-order valence-corrected chi connectivity index (χ1v) is 11.1. The molecule has 2 N–H and O–H groups in total. The lowest BCUT2D eigenvalue weighted by Gasteiger charge is -2.43. The van der Waals surface area contributed by atoms with Gasteiger partial charge in [0.1, 0.15) is 11.2 Å². The van der Waals surface area contributed by atoms with Crippen LogP contribution >= 0.6 is 0 Å². The van der Waals surface area contributed by atoms with Gasteiger partial charge < -0.3 is 15.5 Å². The molecule has 0 saturated carbocycles. The summed E-state index contributed by atoms with van der Waals surface area (Å²) in [7, 11) is 0. The molecule has 1 aliphatic heterocycles. The van der Waals surface area contributed by atoms with E-state index in [4.69, 9.17) is 5.10 Å². The Morgan fingerprint density at radius 1 is 1.21 bits per heavy atom. The van der Waals surface area contributed by atoms with E-state index in [-0.39, 0.29) is 17.9 Å². The van der Waals surface area contributed by atoms with Crippen molar-refractivity contribution in [3.63, 3.8) is 0 Å². The minimum atomic E-state index is -0.541. The molecule has 2 aromatic heterocycles. The van der Waals surface area contributed by atoms with Crippen LogP contribution in [0.5, 0.6) is 0 Å². The minimum absolute atomic E-state index is 0.0537. The number of likely N-dealkylation sites (N-methyl/N-ethyl adjacent to an activating group) is 1. The molecule has 3 heterocycles. The van der Waals surface area contributed by atoms with Crippen LogP contribution in [0.2, 0.25) is 0 Å². The van der Waals surface area contributed by atoms with Crippen LogP contribution in [-0.4, -0.2) is 38.1 Å². The number of allylic oxidation sites excluding steroid dienone is 3. The highest BCUT2D eigenvalue weighted by Crippen LogP contribution is 2.42. The molecule has 3 aromatic rings. The number of nitrogens with zero attached hydrogens (tertiary/aromatic N) is 4. The van der Waals surface area contributed by atoms with Crippen molar-refractivity contribution in [3.8, 4) is 0 Å². The molecule has 0 spiro atoms. The molecule has 2 aliphatic rings. The molecule has 33 heavy (non-hydrogen) atoms. The number of carbonyl (C=O) groups excluding carboxylic acids is 2. The van der Waals surface area contributed by atoms with E-state index in [2.05, 4.69) is 47.7 Å². The van der Waals surface area contributed by atoms with Crippen molar-refractivity contribution in [3.05, 3.63) is 77.9 Å². The Morgan fingerprint density at radius 3 is 2.76 bits per heavy atom. The molecule has 2 unspecified atom stereocenters. The number of rotatable bonds is 4. The molecule has 5 rings (SSSR count). The highest BCUT2D eigenvalue weighted by atomic mass is 16.2. The predicted molar refractivity (Wildman–Crippen MR) is 127 cm³/mol. The maximum atomic E-state index is 13.4. The number of carbonyl (C=O) groups is 2. The van der Waals surface area contributed by atoms with Gasteiger partial charge in [-0.15, -0.1) is 0 Å². The molecule has 0 bridgehead atoms. The summed E-state index contributed by atoms with van der Waals surface area (Å²) >= 11 is 0. The minimum Gasteiger partial charge on any atom is -0.334 e. The van der Waals surface area contributed by atoms with Gasteiger partial charge in [0, 0.05) is 42.3 Å². The first kappa shape index (κ1) is 20.9. The smallest absolute Gasteiger partial charge is 0.319 e. The van der Waals surface area contributed by atoms with Crippen LogP contribution in [0.3, 0.4) is 0 Å². The number of hydrogen-bond acceptors (Lipinski definition) is 4. The molecule has 0 radical (unpaired) electrons. The van der Waals surface area contributed by atoms with Gasteiger partial charge in [0.2, 0.25) is 0 Å². The fraction of sp³-hybridized carbons (Fsp3) is 0.280. The normalized spacial score (nSPS) is 21.4. The molecule has 1 aromatic carbocycles. The Labute approximate surface area is 192 Å². The van der Waals surface area contributed by atoms with Crippen LogP contribution in [0, 0.1) is 5.92 Å². The molecule has 8 heteroatoms. The third-order valence-electron chi connectivity index (χ3n) is 6.29. The average Bonchev–Trinajstić information content (AvgIpc) is 3.20. The fourth-order valence-electron chi connectivity index (χ4n) is 4.56. The van der Waals surface area contributed by atoms with Gasteiger partial charge in [0.15, 0.2) is 0 Å². The fourth-order valence-corrected chi connectivity index (χ4v) is 4.56. The monoisotopic (exact) mass is 442 g/mol. The van der Waals surface area contributed by atoms with Gasteiger partial charge in [-0.3, -0.25) is 9.78 Å². The first-order chi connectivity index (χ1) is 15.9. The molecule has 2 atom stereocenters. The quantitative estimate of drug-likeness (QED) is 0.597. The maximum absolute atomic E-state index is 13.4. The second-order valence-corrected chi connectivity index (χ2v) is 8.62. The third-order valence-corrected chi connectivity index (χ3v) is 6.29.